The first kappa shape index (κ1) is 18.4. The van der Waals surface area contributed by atoms with Crippen molar-refractivity contribution >= 4 is 33.3 Å². The zero-order chi connectivity index (χ0) is 18.8. The van der Waals surface area contributed by atoms with E-state index in [9.17, 15) is 4.79 Å². The van der Waals surface area contributed by atoms with E-state index in [0.29, 0.717) is 19.1 Å². The lowest BCUT2D eigenvalue weighted by Crippen LogP contribution is -2.36. The average molecular weight is 430 g/mol. The van der Waals surface area contributed by atoms with E-state index in [4.69, 9.17) is 9.47 Å². The van der Waals surface area contributed by atoms with Crippen LogP contribution in [-0.4, -0.2) is 24.7 Å². The highest BCUT2D eigenvalue weighted by atomic mass is 79.9. The molecule has 0 aromatic heterocycles. The summed E-state index contributed by atoms with van der Waals surface area (Å²) < 4.78 is 12.4. The summed E-state index contributed by atoms with van der Waals surface area (Å²) in [5, 5.41) is 0. The molecule has 27 heavy (non-hydrogen) atoms. The Labute approximate surface area is 168 Å². The van der Waals surface area contributed by atoms with Crippen molar-refractivity contribution in [2.45, 2.75) is 51.2 Å². The fraction of sp³-hybridized carbons (Fsp3) is 0.409. The van der Waals surface area contributed by atoms with Gasteiger partial charge in [-0.2, -0.15) is 0 Å². The zero-order valence-electron chi connectivity index (χ0n) is 15.5. The van der Waals surface area contributed by atoms with E-state index in [1.165, 1.54) is 12.8 Å². The van der Waals surface area contributed by atoms with Crippen LogP contribution in [-0.2, 0) is 16.0 Å². The summed E-state index contributed by atoms with van der Waals surface area (Å²) in [7, 11) is 0. The molecule has 1 saturated carbocycles. The lowest BCUT2D eigenvalue weighted by molar-refractivity contribution is -0.144. The average Bonchev–Trinajstić information content (AvgIpc) is 3.30. The number of halogens is 1. The van der Waals surface area contributed by atoms with Gasteiger partial charge >= 0.3 is 5.97 Å². The third kappa shape index (κ3) is 3.84. The molecular weight excluding hydrogens is 406 g/mol. The van der Waals surface area contributed by atoms with Crippen LogP contribution in [0.4, 0.5) is 11.4 Å². The number of carbonyl (C=O) groups excluding carboxylic acids is 1. The monoisotopic (exact) mass is 429 g/mol. The maximum atomic E-state index is 12.6. The number of fused-ring (bicyclic) bond motifs is 1. The van der Waals surface area contributed by atoms with Crippen LogP contribution < -0.4 is 9.64 Å². The van der Waals surface area contributed by atoms with Gasteiger partial charge in [0.15, 0.2) is 0 Å². The quantitative estimate of drug-likeness (QED) is 0.596. The van der Waals surface area contributed by atoms with Gasteiger partial charge < -0.3 is 14.4 Å². The first-order valence-electron chi connectivity index (χ1n) is 9.66. The molecule has 0 bridgehead atoms. The van der Waals surface area contributed by atoms with Crippen molar-refractivity contribution in [3.63, 3.8) is 0 Å². The van der Waals surface area contributed by atoms with E-state index < -0.39 is 0 Å². The smallest absolute Gasteiger partial charge is 0.329 e. The lowest BCUT2D eigenvalue weighted by Gasteiger charge is -2.26. The molecule has 0 radical (unpaired) electrons. The summed E-state index contributed by atoms with van der Waals surface area (Å²) in [5.74, 6) is 0.713. The molecule has 142 valence electrons. The molecule has 0 amide bonds. The molecule has 1 fully saturated rings. The molecule has 0 spiro atoms. The summed E-state index contributed by atoms with van der Waals surface area (Å²) in [6.07, 6.45) is 5.78. The third-order valence-corrected chi connectivity index (χ3v) is 5.80. The van der Waals surface area contributed by atoms with Gasteiger partial charge in [-0.15, -0.1) is 0 Å². The second kappa shape index (κ2) is 7.93. The molecule has 0 N–H and O–H groups in total. The minimum atomic E-state index is -0.337. The first-order chi connectivity index (χ1) is 13.2. The molecule has 1 atom stereocenters. The summed E-state index contributed by atoms with van der Waals surface area (Å²) in [6.45, 7) is 2.23. The molecule has 1 aliphatic carbocycles. The summed E-state index contributed by atoms with van der Waals surface area (Å²) in [6, 6.07) is 13.9. The zero-order valence-corrected chi connectivity index (χ0v) is 17.1. The number of benzene rings is 2. The molecule has 4 nitrogen and oxygen atoms in total. The van der Waals surface area contributed by atoms with Gasteiger partial charge in [0, 0.05) is 22.3 Å². The Morgan fingerprint density at radius 2 is 1.89 bits per heavy atom. The van der Waals surface area contributed by atoms with Gasteiger partial charge in [0.25, 0.3) is 0 Å². The number of esters is 1. The van der Waals surface area contributed by atoms with E-state index in [-0.39, 0.29) is 12.0 Å². The van der Waals surface area contributed by atoms with Crippen LogP contribution in [0.25, 0.3) is 0 Å². The molecule has 0 saturated heterocycles. The Hall–Kier alpha value is -2.01. The van der Waals surface area contributed by atoms with Gasteiger partial charge in [-0.3, -0.25) is 0 Å². The highest BCUT2D eigenvalue weighted by molar-refractivity contribution is 9.10. The Kier molecular flexibility index (Phi) is 5.39. The van der Waals surface area contributed by atoms with Gasteiger partial charge in [-0.25, -0.2) is 4.79 Å². The van der Waals surface area contributed by atoms with Gasteiger partial charge in [-0.05, 0) is 80.6 Å². The SMILES string of the molecule is CCOC(=O)C1Cc2cc(Br)ccc2N1c1ccc(OC2CCCC2)cc1. The van der Waals surface area contributed by atoms with Crippen LogP contribution in [0.15, 0.2) is 46.9 Å². The standard InChI is InChI=1S/C22H24BrNO3/c1-2-26-22(25)21-14-15-13-16(23)7-12-20(15)24(21)17-8-10-19(11-9-17)27-18-5-3-4-6-18/h7-13,18,21H,2-6,14H2,1H3. The Balaban J connectivity index is 1.61. The van der Waals surface area contributed by atoms with Crippen molar-refractivity contribution in [1.82, 2.24) is 0 Å². The number of carbonyl (C=O) groups is 1. The molecule has 5 heteroatoms. The van der Waals surface area contributed by atoms with E-state index in [1.54, 1.807) is 0 Å². The number of hydrogen-bond acceptors (Lipinski definition) is 4. The van der Waals surface area contributed by atoms with E-state index in [0.717, 1.165) is 40.0 Å². The van der Waals surface area contributed by atoms with Crippen molar-refractivity contribution in [3.8, 4) is 5.75 Å². The molecule has 2 aromatic carbocycles. The topological polar surface area (TPSA) is 38.8 Å². The molecule has 1 unspecified atom stereocenters. The minimum absolute atomic E-state index is 0.184. The Morgan fingerprint density at radius 3 is 2.59 bits per heavy atom. The Morgan fingerprint density at radius 1 is 1.15 bits per heavy atom. The first-order valence-corrected chi connectivity index (χ1v) is 10.5. The largest absolute Gasteiger partial charge is 0.490 e. The van der Waals surface area contributed by atoms with Gasteiger partial charge in [0.05, 0.1) is 12.7 Å². The highest BCUT2D eigenvalue weighted by Gasteiger charge is 2.36. The maximum absolute atomic E-state index is 12.6. The predicted molar refractivity (Wildman–Crippen MR) is 110 cm³/mol. The normalized spacial score (nSPS) is 19.2. The van der Waals surface area contributed by atoms with E-state index in [1.807, 2.05) is 37.3 Å². The molecule has 4 rings (SSSR count). The van der Waals surface area contributed by atoms with E-state index in [2.05, 4.69) is 33.0 Å². The summed E-state index contributed by atoms with van der Waals surface area (Å²) >= 11 is 3.53. The van der Waals surface area contributed by atoms with E-state index >= 15 is 0 Å². The molecule has 1 heterocycles. The van der Waals surface area contributed by atoms with Crippen LogP contribution >= 0.6 is 15.9 Å². The van der Waals surface area contributed by atoms with Gasteiger partial charge in [-0.1, -0.05) is 15.9 Å². The minimum Gasteiger partial charge on any atom is -0.490 e. The van der Waals surface area contributed by atoms with Crippen molar-refractivity contribution in [2.24, 2.45) is 0 Å². The molecule has 2 aliphatic rings. The van der Waals surface area contributed by atoms with Crippen LogP contribution in [0.5, 0.6) is 5.75 Å². The second-order valence-corrected chi connectivity index (χ2v) is 8.05. The highest BCUT2D eigenvalue weighted by Crippen LogP contribution is 2.40. The lowest BCUT2D eigenvalue weighted by atomic mass is 10.1. The van der Waals surface area contributed by atoms with Crippen LogP contribution in [0, 0.1) is 0 Å². The molecule has 1 aliphatic heterocycles. The summed E-state index contributed by atoms with van der Waals surface area (Å²) in [4.78, 5) is 14.7. The maximum Gasteiger partial charge on any atom is 0.329 e. The number of rotatable bonds is 5. The Bertz CT molecular complexity index is 815. The number of ether oxygens (including phenoxy) is 2. The third-order valence-electron chi connectivity index (χ3n) is 5.30. The van der Waals surface area contributed by atoms with Crippen molar-refractivity contribution in [1.29, 1.82) is 0 Å². The molecular formula is C22H24BrNO3. The van der Waals surface area contributed by atoms with Crippen LogP contribution in [0.3, 0.4) is 0 Å². The molecule has 2 aromatic rings. The predicted octanol–water partition coefficient (Wildman–Crippen LogP) is 5.40. The fourth-order valence-electron chi connectivity index (χ4n) is 4.05. The fourth-order valence-corrected chi connectivity index (χ4v) is 4.46. The van der Waals surface area contributed by atoms with Gasteiger partial charge in [0.2, 0.25) is 0 Å². The summed E-state index contributed by atoms with van der Waals surface area (Å²) in [5.41, 5.74) is 3.18. The van der Waals surface area contributed by atoms with Gasteiger partial charge in [0.1, 0.15) is 11.8 Å². The van der Waals surface area contributed by atoms with Crippen LogP contribution in [0.2, 0.25) is 0 Å². The van der Waals surface area contributed by atoms with Crippen LogP contribution in [0.1, 0.15) is 38.2 Å². The second-order valence-electron chi connectivity index (χ2n) is 7.13. The number of nitrogens with zero attached hydrogens (tertiary/aromatic N) is 1. The number of hydrogen-bond donors (Lipinski definition) is 0. The van der Waals surface area contributed by atoms with Crippen molar-refractivity contribution in [2.75, 3.05) is 11.5 Å². The van der Waals surface area contributed by atoms with Crippen molar-refractivity contribution < 1.29 is 14.3 Å². The van der Waals surface area contributed by atoms with Crippen molar-refractivity contribution in [3.05, 3.63) is 52.5 Å². The number of anilines is 2.